The fourth-order valence-corrected chi connectivity index (χ4v) is 2.83. The van der Waals surface area contributed by atoms with Crippen LogP contribution >= 0.6 is 0 Å². The highest BCUT2D eigenvalue weighted by Crippen LogP contribution is 2.30. The van der Waals surface area contributed by atoms with Crippen molar-refractivity contribution < 1.29 is 0 Å². The normalized spacial score (nSPS) is 14.2. The lowest BCUT2D eigenvalue weighted by atomic mass is 9.93. The zero-order valence-electron chi connectivity index (χ0n) is 17.2. The Morgan fingerprint density at radius 3 is 2.23 bits per heavy atom. The maximum Gasteiger partial charge on any atom is 0.0705 e. The van der Waals surface area contributed by atoms with Gasteiger partial charge in [-0.2, -0.15) is 0 Å². The van der Waals surface area contributed by atoms with Gasteiger partial charge in [0.2, 0.25) is 0 Å². The Hall–Kier alpha value is -2.35. The Kier molecular flexibility index (Phi) is 10.1. The molecule has 0 bridgehead atoms. The summed E-state index contributed by atoms with van der Waals surface area (Å²) in [5.41, 5.74) is 4.95. The van der Waals surface area contributed by atoms with Gasteiger partial charge in [-0.3, -0.25) is 4.98 Å². The second kappa shape index (κ2) is 12.1. The molecule has 2 nitrogen and oxygen atoms in total. The number of para-hydroxylation sites is 2. The van der Waals surface area contributed by atoms with Gasteiger partial charge in [0.05, 0.1) is 5.52 Å². The molecule has 1 aliphatic heterocycles. The van der Waals surface area contributed by atoms with Crippen molar-refractivity contribution in [2.24, 2.45) is 0 Å². The Bertz CT molecular complexity index is 765. The molecule has 140 valence electrons. The van der Waals surface area contributed by atoms with E-state index in [-0.39, 0.29) is 0 Å². The summed E-state index contributed by atoms with van der Waals surface area (Å²) in [5.74, 6) is 0.729. The molecule has 0 spiro atoms. The quantitative estimate of drug-likeness (QED) is 0.463. The van der Waals surface area contributed by atoms with E-state index in [1.807, 2.05) is 58.9 Å². The highest BCUT2D eigenvalue weighted by molar-refractivity contribution is 5.78. The van der Waals surface area contributed by atoms with Gasteiger partial charge in [-0.15, -0.1) is 0 Å². The fourth-order valence-electron chi connectivity index (χ4n) is 2.83. The summed E-state index contributed by atoms with van der Waals surface area (Å²) in [6.45, 7) is 13.4. The van der Waals surface area contributed by atoms with Gasteiger partial charge in [-0.25, -0.2) is 0 Å². The van der Waals surface area contributed by atoms with E-state index in [0.717, 1.165) is 23.7 Å². The van der Waals surface area contributed by atoms with Gasteiger partial charge in [0.1, 0.15) is 0 Å². The molecule has 1 aliphatic rings. The first-order valence-electron chi connectivity index (χ1n) is 9.89. The number of aromatic nitrogens is 1. The van der Waals surface area contributed by atoms with E-state index in [1.54, 1.807) is 0 Å². The highest BCUT2D eigenvalue weighted by Gasteiger charge is 2.13. The summed E-state index contributed by atoms with van der Waals surface area (Å²) in [5, 5.41) is 4.60. The Labute approximate surface area is 159 Å². The van der Waals surface area contributed by atoms with Crippen LogP contribution in [0.5, 0.6) is 0 Å². The standard InChI is InChI=1S/C10H13N.C10H9N.2C2H6/c1-8-6-7-11-10-5-3-2-4-9(8)10;1-8-6-7-9-4-2-3-5-10(9)11-8;2*1-2/h2-5,8,11H,6-7H2,1H3;2-7H,1H3;2*1-2H3. The zero-order chi connectivity index (χ0) is 19.4. The Morgan fingerprint density at radius 1 is 0.846 bits per heavy atom. The maximum atomic E-state index is 4.38. The molecule has 26 heavy (non-hydrogen) atoms. The number of pyridine rings is 1. The summed E-state index contributed by atoms with van der Waals surface area (Å²) in [6.07, 6.45) is 1.26. The third-order valence-corrected chi connectivity index (χ3v) is 4.12. The maximum absolute atomic E-state index is 4.38. The van der Waals surface area contributed by atoms with E-state index in [2.05, 4.69) is 53.6 Å². The number of rotatable bonds is 0. The first kappa shape index (κ1) is 21.7. The van der Waals surface area contributed by atoms with E-state index in [9.17, 15) is 0 Å². The van der Waals surface area contributed by atoms with E-state index < -0.39 is 0 Å². The number of nitrogens with one attached hydrogen (secondary N) is 1. The van der Waals surface area contributed by atoms with Crippen LogP contribution in [0, 0.1) is 6.92 Å². The van der Waals surface area contributed by atoms with Crippen molar-refractivity contribution in [1.29, 1.82) is 0 Å². The minimum Gasteiger partial charge on any atom is -0.385 e. The van der Waals surface area contributed by atoms with Gasteiger partial charge in [-0.05, 0) is 43.0 Å². The molecular weight excluding hydrogens is 316 g/mol. The second-order valence-electron chi connectivity index (χ2n) is 5.85. The molecule has 1 N–H and O–H groups in total. The summed E-state index contributed by atoms with van der Waals surface area (Å²) < 4.78 is 0. The minimum absolute atomic E-state index is 0.729. The molecule has 0 aliphatic carbocycles. The van der Waals surface area contributed by atoms with E-state index in [4.69, 9.17) is 0 Å². The van der Waals surface area contributed by atoms with Gasteiger partial charge in [0.25, 0.3) is 0 Å². The third kappa shape index (κ3) is 6.18. The summed E-state index contributed by atoms with van der Waals surface area (Å²) >= 11 is 0. The van der Waals surface area contributed by atoms with Gasteiger partial charge in [-0.1, -0.05) is 77.1 Å². The smallest absolute Gasteiger partial charge is 0.0705 e. The van der Waals surface area contributed by atoms with Gasteiger partial charge < -0.3 is 5.32 Å². The Balaban J connectivity index is 0.000000219. The fraction of sp³-hybridized carbons (Fsp3) is 0.375. The van der Waals surface area contributed by atoms with Gasteiger partial charge in [0, 0.05) is 23.3 Å². The van der Waals surface area contributed by atoms with Crippen LogP contribution in [-0.4, -0.2) is 11.5 Å². The molecule has 2 aromatic carbocycles. The average molecular weight is 351 g/mol. The van der Waals surface area contributed by atoms with Crippen LogP contribution in [0.1, 0.15) is 58.2 Å². The van der Waals surface area contributed by atoms with Crippen molar-refractivity contribution in [2.75, 3.05) is 11.9 Å². The van der Waals surface area contributed by atoms with E-state index >= 15 is 0 Å². The van der Waals surface area contributed by atoms with Crippen molar-refractivity contribution >= 4 is 16.6 Å². The van der Waals surface area contributed by atoms with E-state index in [0.29, 0.717) is 0 Å². The predicted octanol–water partition coefficient (Wildman–Crippen LogP) is 7.20. The number of fused-ring (bicyclic) bond motifs is 2. The molecule has 3 aromatic rings. The van der Waals surface area contributed by atoms with Crippen molar-refractivity contribution in [1.82, 2.24) is 4.98 Å². The molecule has 2 heteroatoms. The van der Waals surface area contributed by atoms with Crippen LogP contribution in [0.2, 0.25) is 0 Å². The molecule has 0 saturated carbocycles. The molecule has 1 unspecified atom stereocenters. The molecule has 0 fully saturated rings. The van der Waals surface area contributed by atoms with Crippen LogP contribution in [0.15, 0.2) is 60.7 Å². The van der Waals surface area contributed by atoms with Crippen LogP contribution < -0.4 is 5.32 Å². The number of hydrogen-bond donors (Lipinski definition) is 1. The predicted molar refractivity (Wildman–Crippen MR) is 117 cm³/mol. The number of aryl methyl sites for hydroxylation is 1. The third-order valence-electron chi connectivity index (χ3n) is 4.12. The highest BCUT2D eigenvalue weighted by atomic mass is 14.9. The summed E-state index contributed by atoms with van der Waals surface area (Å²) in [6, 6.07) is 20.8. The number of nitrogens with zero attached hydrogens (tertiary/aromatic N) is 1. The molecule has 2 heterocycles. The van der Waals surface area contributed by atoms with Crippen molar-refractivity contribution in [3.8, 4) is 0 Å². The monoisotopic (exact) mass is 350 g/mol. The molecule has 0 saturated heterocycles. The van der Waals surface area contributed by atoms with Gasteiger partial charge in [0.15, 0.2) is 0 Å². The summed E-state index contributed by atoms with van der Waals surface area (Å²) in [7, 11) is 0. The number of benzene rings is 2. The molecular formula is C24H34N2. The van der Waals surface area contributed by atoms with Crippen LogP contribution in [0.4, 0.5) is 5.69 Å². The van der Waals surface area contributed by atoms with Crippen LogP contribution in [-0.2, 0) is 0 Å². The Morgan fingerprint density at radius 2 is 1.50 bits per heavy atom. The second-order valence-corrected chi connectivity index (χ2v) is 5.85. The lowest BCUT2D eigenvalue weighted by molar-refractivity contribution is 0.684. The van der Waals surface area contributed by atoms with E-state index in [1.165, 1.54) is 23.1 Å². The lowest BCUT2D eigenvalue weighted by Crippen LogP contribution is -2.14. The minimum atomic E-state index is 0.729. The van der Waals surface area contributed by atoms with Crippen molar-refractivity contribution in [3.05, 3.63) is 71.9 Å². The first-order valence-corrected chi connectivity index (χ1v) is 9.89. The summed E-state index contributed by atoms with van der Waals surface area (Å²) in [4.78, 5) is 4.38. The van der Waals surface area contributed by atoms with Crippen LogP contribution in [0.3, 0.4) is 0 Å². The first-order chi connectivity index (χ1) is 12.7. The van der Waals surface area contributed by atoms with Crippen molar-refractivity contribution in [3.63, 3.8) is 0 Å². The molecule has 1 aromatic heterocycles. The molecule has 0 amide bonds. The largest absolute Gasteiger partial charge is 0.385 e. The van der Waals surface area contributed by atoms with Crippen molar-refractivity contribution in [2.45, 2.75) is 53.9 Å². The van der Waals surface area contributed by atoms with Gasteiger partial charge >= 0.3 is 0 Å². The van der Waals surface area contributed by atoms with Crippen LogP contribution in [0.25, 0.3) is 10.9 Å². The zero-order valence-corrected chi connectivity index (χ0v) is 17.2. The average Bonchev–Trinajstić information content (AvgIpc) is 2.72. The molecule has 4 rings (SSSR count). The SMILES string of the molecule is CC.CC.CC1CCNc2ccccc21.Cc1ccc2ccccc2n1. The lowest BCUT2D eigenvalue weighted by Gasteiger charge is -2.23. The topological polar surface area (TPSA) is 24.9 Å². The molecule has 1 atom stereocenters. The molecule has 0 radical (unpaired) electrons. The number of hydrogen-bond acceptors (Lipinski definition) is 2. The number of anilines is 1.